The number of hydrogen-bond acceptors (Lipinski definition) is 3. The van der Waals surface area contributed by atoms with Crippen LogP contribution >= 0.6 is 0 Å². The second-order valence-electron chi connectivity index (χ2n) is 2.99. The predicted octanol–water partition coefficient (Wildman–Crippen LogP) is -0.648. The van der Waals surface area contributed by atoms with E-state index >= 15 is 0 Å². The summed E-state index contributed by atoms with van der Waals surface area (Å²) in [5.41, 5.74) is 0. The van der Waals surface area contributed by atoms with Crippen molar-refractivity contribution in [1.29, 1.82) is 0 Å². The van der Waals surface area contributed by atoms with Crippen LogP contribution in [0.4, 0.5) is 0 Å². The first-order valence-electron chi connectivity index (χ1n) is 3.60. The van der Waals surface area contributed by atoms with E-state index in [9.17, 15) is 13.2 Å². The van der Waals surface area contributed by atoms with Crippen molar-refractivity contribution >= 4 is 16.0 Å². The minimum Gasteiger partial charge on any atom is -0.345 e. The monoisotopic (exact) mass is 193 g/mol. The fourth-order valence-corrected chi connectivity index (χ4v) is 2.12. The van der Waals surface area contributed by atoms with Crippen molar-refractivity contribution in [2.45, 2.75) is 6.42 Å². The van der Waals surface area contributed by atoms with E-state index in [4.69, 9.17) is 4.55 Å². The zero-order valence-corrected chi connectivity index (χ0v) is 7.54. The van der Waals surface area contributed by atoms with Crippen LogP contribution in [0.15, 0.2) is 0 Å². The Bertz CT molecular complexity index is 284. The van der Waals surface area contributed by atoms with Gasteiger partial charge in [-0.3, -0.25) is 9.35 Å². The van der Waals surface area contributed by atoms with E-state index < -0.39 is 21.8 Å². The zero-order valence-electron chi connectivity index (χ0n) is 6.73. The van der Waals surface area contributed by atoms with Crippen molar-refractivity contribution in [1.82, 2.24) is 4.90 Å². The topological polar surface area (TPSA) is 74.7 Å². The quantitative estimate of drug-likeness (QED) is 0.591. The van der Waals surface area contributed by atoms with Gasteiger partial charge in [-0.1, -0.05) is 0 Å². The molecular formula is C6H11NO4S. The molecule has 1 aliphatic heterocycles. The van der Waals surface area contributed by atoms with Gasteiger partial charge in [0.05, 0.1) is 11.7 Å². The molecule has 1 fully saturated rings. The van der Waals surface area contributed by atoms with E-state index in [-0.39, 0.29) is 5.91 Å². The maximum atomic E-state index is 11.1. The summed E-state index contributed by atoms with van der Waals surface area (Å²) in [5.74, 6) is -1.20. The average Bonchev–Trinajstić information content (AvgIpc) is 2.16. The van der Waals surface area contributed by atoms with Gasteiger partial charge in [0.25, 0.3) is 10.1 Å². The fourth-order valence-electron chi connectivity index (χ4n) is 1.30. The van der Waals surface area contributed by atoms with Crippen LogP contribution in [-0.4, -0.2) is 43.1 Å². The van der Waals surface area contributed by atoms with Gasteiger partial charge in [0.1, 0.15) is 0 Å². The molecule has 0 radical (unpaired) electrons. The Morgan fingerprint density at radius 2 is 2.25 bits per heavy atom. The van der Waals surface area contributed by atoms with Gasteiger partial charge in [0.2, 0.25) is 5.91 Å². The van der Waals surface area contributed by atoms with Crippen LogP contribution in [0.3, 0.4) is 0 Å². The summed E-state index contributed by atoms with van der Waals surface area (Å²) < 4.78 is 29.3. The van der Waals surface area contributed by atoms with Gasteiger partial charge in [-0.05, 0) is 6.42 Å². The smallest absolute Gasteiger partial charge is 0.265 e. The summed E-state index contributed by atoms with van der Waals surface area (Å²) in [5, 5.41) is 0. The van der Waals surface area contributed by atoms with Crippen LogP contribution in [0.2, 0.25) is 0 Å². The molecule has 1 atom stereocenters. The Balaban J connectivity index is 2.62. The highest BCUT2D eigenvalue weighted by atomic mass is 32.2. The Morgan fingerprint density at radius 1 is 1.67 bits per heavy atom. The van der Waals surface area contributed by atoms with Gasteiger partial charge in [0.15, 0.2) is 0 Å². The molecule has 0 bridgehead atoms. The van der Waals surface area contributed by atoms with Gasteiger partial charge < -0.3 is 4.90 Å². The van der Waals surface area contributed by atoms with Gasteiger partial charge in [-0.15, -0.1) is 0 Å². The van der Waals surface area contributed by atoms with E-state index in [1.54, 1.807) is 7.05 Å². The van der Waals surface area contributed by atoms with Gasteiger partial charge >= 0.3 is 0 Å². The molecule has 5 nitrogen and oxygen atoms in total. The van der Waals surface area contributed by atoms with Crippen LogP contribution in [0.25, 0.3) is 0 Å². The minimum atomic E-state index is -4.01. The number of amides is 1. The minimum absolute atomic E-state index is 0.201. The summed E-state index contributed by atoms with van der Waals surface area (Å²) in [4.78, 5) is 12.6. The first kappa shape index (κ1) is 9.47. The van der Waals surface area contributed by atoms with Crippen LogP contribution < -0.4 is 0 Å². The molecule has 1 heterocycles. The Morgan fingerprint density at radius 3 is 2.58 bits per heavy atom. The third-order valence-corrected chi connectivity index (χ3v) is 2.77. The molecular weight excluding hydrogens is 182 g/mol. The van der Waals surface area contributed by atoms with Crippen LogP contribution in [0.5, 0.6) is 0 Å². The van der Waals surface area contributed by atoms with Gasteiger partial charge in [-0.2, -0.15) is 8.42 Å². The standard InChI is InChI=1S/C6H11NO4S/c1-7-3-2-5(6(7)8)4-12(9,10)11/h5H,2-4H2,1H3,(H,9,10,11). The second-order valence-corrected chi connectivity index (χ2v) is 4.49. The number of nitrogens with zero attached hydrogens (tertiary/aromatic N) is 1. The summed E-state index contributed by atoms with van der Waals surface area (Å²) in [6.45, 7) is 0.568. The summed E-state index contributed by atoms with van der Waals surface area (Å²) in [6, 6.07) is 0. The predicted molar refractivity (Wildman–Crippen MR) is 42.2 cm³/mol. The summed E-state index contributed by atoms with van der Waals surface area (Å²) in [6.07, 6.45) is 0.509. The molecule has 70 valence electrons. The molecule has 0 aliphatic carbocycles. The molecule has 0 saturated carbocycles. The molecule has 6 heteroatoms. The van der Waals surface area contributed by atoms with Crippen LogP contribution in [0.1, 0.15) is 6.42 Å². The average molecular weight is 193 g/mol. The maximum absolute atomic E-state index is 11.1. The highest BCUT2D eigenvalue weighted by Gasteiger charge is 2.32. The van der Waals surface area contributed by atoms with E-state index in [0.717, 1.165) is 0 Å². The van der Waals surface area contributed by atoms with Crippen LogP contribution in [0, 0.1) is 5.92 Å². The lowest BCUT2D eigenvalue weighted by Gasteiger charge is -2.07. The van der Waals surface area contributed by atoms with Gasteiger partial charge in [0, 0.05) is 13.6 Å². The van der Waals surface area contributed by atoms with E-state index in [1.165, 1.54) is 4.90 Å². The SMILES string of the molecule is CN1CCC(CS(=O)(=O)O)C1=O. The molecule has 1 unspecified atom stereocenters. The van der Waals surface area contributed by atoms with Crippen LogP contribution in [-0.2, 0) is 14.9 Å². The van der Waals surface area contributed by atoms with Crippen molar-refractivity contribution < 1.29 is 17.8 Å². The van der Waals surface area contributed by atoms with Gasteiger partial charge in [-0.25, -0.2) is 0 Å². The molecule has 0 aromatic heterocycles. The molecule has 12 heavy (non-hydrogen) atoms. The number of carbonyl (C=O) groups excluding carboxylic acids is 1. The molecule has 0 spiro atoms. The third-order valence-electron chi connectivity index (χ3n) is 1.95. The molecule has 0 aromatic carbocycles. The summed E-state index contributed by atoms with van der Waals surface area (Å²) in [7, 11) is -2.39. The number of rotatable bonds is 2. The zero-order chi connectivity index (χ0) is 9.35. The molecule has 1 aliphatic rings. The van der Waals surface area contributed by atoms with E-state index in [1.807, 2.05) is 0 Å². The number of likely N-dealkylation sites (tertiary alicyclic amines) is 1. The molecule has 1 rings (SSSR count). The summed E-state index contributed by atoms with van der Waals surface area (Å²) >= 11 is 0. The lowest BCUT2D eigenvalue weighted by molar-refractivity contribution is -0.129. The number of hydrogen-bond donors (Lipinski definition) is 1. The third kappa shape index (κ3) is 2.18. The first-order chi connectivity index (χ1) is 5.40. The number of carbonyl (C=O) groups is 1. The molecule has 1 amide bonds. The molecule has 1 saturated heterocycles. The van der Waals surface area contributed by atoms with E-state index in [2.05, 4.69) is 0 Å². The molecule has 1 N–H and O–H groups in total. The van der Waals surface area contributed by atoms with Crippen molar-refractivity contribution in [3.05, 3.63) is 0 Å². The Kier molecular flexibility index (Phi) is 2.39. The second kappa shape index (κ2) is 3.02. The normalized spacial score (nSPS) is 25.0. The van der Waals surface area contributed by atoms with Crippen molar-refractivity contribution in [3.63, 3.8) is 0 Å². The Hall–Kier alpha value is -0.620. The van der Waals surface area contributed by atoms with Crippen molar-refractivity contribution in [2.24, 2.45) is 5.92 Å². The van der Waals surface area contributed by atoms with Crippen molar-refractivity contribution in [3.8, 4) is 0 Å². The highest BCUT2D eigenvalue weighted by Crippen LogP contribution is 2.17. The molecule has 0 aromatic rings. The lowest BCUT2D eigenvalue weighted by Crippen LogP contribution is -2.26. The fraction of sp³-hybridized carbons (Fsp3) is 0.833. The maximum Gasteiger partial charge on any atom is 0.265 e. The first-order valence-corrected chi connectivity index (χ1v) is 5.21. The van der Waals surface area contributed by atoms with E-state index in [0.29, 0.717) is 13.0 Å². The van der Waals surface area contributed by atoms with Crippen molar-refractivity contribution in [2.75, 3.05) is 19.3 Å². The highest BCUT2D eigenvalue weighted by molar-refractivity contribution is 7.85. The lowest BCUT2D eigenvalue weighted by atomic mass is 10.1. The largest absolute Gasteiger partial charge is 0.345 e. The Labute approximate surface area is 71.1 Å².